The molecular weight excluding hydrogens is 222 g/mol. The molecule has 1 aliphatic rings. The summed E-state index contributed by atoms with van der Waals surface area (Å²) in [6.07, 6.45) is 4.99. The van der Waals surface area contributed by atoms with Gasteiger partial charge >= 0.3 is 0 Å². The second-order valence-electron chi connectivity index (χ2n) is 5.19. The summed E-state index contributed by atoms with van der Waals surface area (Å²) < 4.78 is 5.13. The van der Waals surface area contributed by atoms with Gasteiger partial charge in [-0.3, -0.25) is 0 Å². The highest BCUT2D eigenvalue weighted by atomic mass is 16.5. The lowest BCUT2D eigenvalue weighted by Crippen LogP contribution is -2.25. The van der Waals surface area contributed by atoms with Crippen LogP contribution in [0.15, 0.2) is 24.3 Å². The van der Waals surface area contributed by atoms with Crippen LogP contribution in [0.4, 0.5) is 0 Å². The summed E-state index contributed by atoms with van der Waals surface area (Å²) in [7, 11) is 1.78. The molecular formula is C16H25NO. The normalized spacial score (nSPS) is 22.1. The van der Waals surface area contributed by atoms with Crippen molar-refractivity contribution < 1.29 is 4.74 Å². The second-order valence-corrected chi connectivity index (χ2v) is 5.19. The Balaban J connectivity index is 1.95. The van der Waals surface area contributed by atoms with Gasteiger partial charge < -0.3 is 10.1 Å². The number of fused-ring (bicyclic) bond motifs is 1. The summed E-state index contributed by atoms with van der Waals surface area (Å²) in [6.45, 7) is 4.14. The van der Waals surface area contributed by atoms with Crippen molar-refractivity contribution in [3.05, 3.63) is 35.4 Å². The van der Waals surface area contributed by atoms with Gasteiger partial charge in [0.05, 0.1) is 0 Å². The Labute approximate surface area is 111 Å². The Bertz CT molecular complexity index is 364. The molecule has 18 heavy (non-hydrogen) atoms. The first-order valence-electron chi connectivity index (χ1n) is 7.17. The highest BCUT2D eigenvalue weighted by Gasteiger charge is 2.30. The molecule has 1 aromatic rings. The third-order valence-corrected chi connectivity index (χ3v) is 3.94. The van der Waals surface area contributed by atoms with E-state index in [0.29, 0.717) is 6.04 Å². The molecule has 0 aromatic heterocycles. The van der Waals surface area contributed by atoms with Crippen LogP contribution in [0.3, 0.4) is 0 Å². The summed E-state index contributed by atoms with van der Waals surface area (Å²) in [4.78, 5) is 0. The summed E-state index contributed by atoms with van der Waals surface area (Å²) in [5, 5.41) is 3.66. The maximum absolute atomic E-state index is 5.13. The third kappa shape index (κ3) is 3.12. The van der Waals surface area contributed by atoms with Gasteiger partial charge in [-0.15, -0.1) is 0 Å². The van der Waals surface area contributed by atoms with E-state index in [1.54, 1.807) is 12.7 Å². The molecule has 1 N–H and O–H groups in total. The molecule has 0 amide bonds. The maximum Gasteiger partial charge on any atom is 0.0462 e. The number of unbranched alkanes of at least 4 members (excludes halogenated alkanes) is 1. The Morgan fingerprint density at radius 3 is 2.89 bits per heavy atom. The van der Waals surface area contributed by atoms with Crippen LogP contribution in [-0.4, -0.2) is 20.3 Å². The van der Waals surface area contributed by atoms with E-state index in [4.69, 9.17) is 4.74 Å². The Kier molecular flexibility index (Phi) is 5.21. The fourth-order valence-corrected chi connectivity index (χ4v) is 3.10. The van der Waals surface area contributed by atoms with E-state index in [0.717, 1.165) is 19.1 Å². The number of hydrogen-bond acceptors (Lipinski definition) is 2. The van der Waals surface area contributed by atoms with Crippen molar-refractivity contribution >= 4 is 0 Å². The van der Waals surface area contributed by atoms with Crippen LogP contribution < -0.4 is 5.32 Å². The fourth-order valence-electron chi connectivity index (χ4n) is 3.10. The van der Waals surface area contributed by atoms with Gasteiger partial charge in [-0.25, -0.2) is 0 Å². The van der Waals surface area contributed by atoms with Crippen molar-refractivity contribution in [3.63, 3.8) is 0 Å². The highest BCUT2D eigenvalue weighted by molar-refractivity contribution is 5.35. The monoisotopic (exact) mass is 247 g/mol. The first-order valence-corrected chi connectivity index (χ1v) is 7.17. The van der Waals surface area contributed by atoms with Gasteiger partial charge in [0.2, 0.25) is 0 Å². The molecule has 2 nitrogen and oxygen atoms in total. The largest absolute Gasteiger partial charge is 0.385 e. The fraction of sp³-hybridized carbons (Fsp3) is 0.625. The van der Waals surface area contributed by atoms with Crippen molar-refractivity contribution in [2.45, 2.75) is 38.6 Å². The van der Waals surface area contributed by atoms with E-state index in [1.165, 1.54) is 31.2 Å². The average Bonchev–Trinajstić information content (AvgIpc) is 2.74. The smallest absolute Gasteiger partial charge is 0.0462 e. The van der Waals surface area contributed by atoms with Crippen LogP contribution in [0.25, 0.3) is 0 Å². The van der Waals surface area contributed by atoms with Crippen LogP contribution in [0.5, 0.6) is 0 Å². The van der Waals surface area contributed by atoms with Gasteiger partial charge in [-0.05, 0) is 42.9 Å². The molecule has 0 radical (unpaired) electrons. The zero-order valence-corrected chi connectivity index (χ0v) is 11.6. The van der Waals surface area contributed by atoms with Gasteiger partial charge in [0, 0.05) is 19.8 Å². The quantitative estimate of drug-likeness (QED) is 0.746. The van der Waals surface area contributed by atoms with Crippen LogP contribution >= 0.6 is 0 Å². The van der Waals surface area contributed by atoms with E-state index >= 15 is 0 Å². The Hall–Kier alpha value is -0.860. The number of methoxy groups -OCH3 is 1. The van der Waals surface area contributed by atoms with Crippen LogP contribution in [0.1, 0.15) is 43.4 Å². The summed E-state index contributed by atoms with van der Waals surface area (Å²) in [6, 6.07) is 9.46. The first kappa shape index (κ1) is 13.6. The minimum Gasteiger partial charge on any atom is -0.385 e. The molecule has 2 unspecified atom stereocenters. The van der Waals surface area contributed by atoms with E-state index in [9.17, 15) is 0 Å². The highest BCUT2D eigenvalue weighted by Crippen LogP contribution is 2.38. The van der Waals surface area contributed by atoms with Crippen molar-refractivity contribution in [2.75, 3.05) is 20.3 Å². The number of nitrogens with one attached hydrogen (secondary N) is 1. The van der Waals surface area contributed by atoms with E-state index in [2.05, 4.69) is 36.5 Å². The standard InChI is InChI=1S/C16H25NO/c1-3-17-16-14(9-6-7-11-18-2)12-13-8-4-5-10-15(13)16/h4-5,8,10,14,16-17H,3,6-7,9,11-12H2,1-2H3. The number of ether oxygens (including phenoxy) is 1. The molecule has 2 rings (SSSR count). The minimum atomic E-state index is 0.564. The predicted octanol–water partition coefficient (Wildman–Crippen LogP) is 3.33. The zero-order chi connectivity index (χ0) is 12.8. The molecule has 0 saturated heterocycles. The molecule has 100 valence electrons. The Morgan fingerprint density at radius 2 is 2.11 bits per heavy atom. The molecule has 0 fully saturated rings. The molecule has 0 aliphatic heterocycles. The summed E-state index contributed by atoms with van der Waals surface area (Å²) in [5.41, 5.74) is 3.07. The van der Waals surface area contributed by atoms with E-state index < -0.39 is 0 Å². The minimum absolute atomic E-state index is 0.564. The lowest BCUT2D eigenvalue weighted by molar-refractivity contribution is 0.189. The third-order valence-electron chi connectivity index (χ3n) is 3.94. The molecule has 2 heteroatoms. The summed E-state index contributed by atoms with van der Waals surface area (Å²) >= 11 is 0. The molecule has 0 bridgehead atoms. The van der Waals surface area contributed by atoms with Crippen molar-refractivity contribution in [3.8, 4) is 0 Å². The van der Waals surface area contributed by atoms with Crippen LogP contribution in [0.2, 0.25) is 0 Å². The van der Waals surface area contributed by atoms with Crippen molar-refractivity contribution in [1.82, 2.24) is 5.32 Å². The zero-order valence-electron chi connectivity index (χ0n) is 11.6. The van der Waals surface area contributed by atoms with Crippen molar-refractivity contribution in [2.24, 2.45) is 5.92 Å². The van der Waals surface area contributed by atoms with Gasteiger partial charge in [0.15, 0.2) is 0 Å². The maximum atomic E-state index is 5.13. The van der Waals surface area contributed by atoms with E-state index in [-0.39, 0.29) is 0 Å². The average molecular weight is 247 g/mol. The number of benzene rings is 1. The lowest BCUT2D eigenvalue weighted by atomic mass is 9.94. The SMILES string of the molecule is CCNC1c2ccccc2CC1CCCCOC. The lowest BCUT2D eigenvalue weighted by Gasteiger charge is -2.21. The first-order chi connectivity index (χ1) is 8.86. The van der Waals surface area contributed by atoms with Crippen LogP contribution in [-0.2, 0) is 11.2 Å². The molecule has 0 saturated carbocycles. The van der Waals surface area contributed by atoms with Gasteiger partial charge in [0.1, 0.15) is 0 Å². The van der Waals surface area contributed by atoms with E-state index in [1.807, 2.05) is 0 Å². The summed E-state index contributed by atoms with van der Waals surface area (Å²) in [5.74, 6) is 0.763. The second kappa shape index (κ2) is 6.91. The molecule has 0 spiro atoms. The molecule has 2 atom stereocenters. The Morgan fingerprint density at radius 1 is 1.28 bits per heavy atom. The number of rotatable bonds is 7. The van der Waals surface area contributed by atoms with Gasteiger partial charge in [-0.2, -0.15) is 0 Å². The molecule has 1 aromatic carbocycles. The molecule has 0 heterocycles. The van der Waals surface area contributed by atoms with Crippen LogP contribution in [0, 0.1) is 5.92 Å². The van der Waals surface area contributed by atoms with Gasteiger partial charge in [0.25, 0.3) is 0 Å². The number of hydrogen-bond donors (Lipinski definition) is 1. The molecule has 1 aliphatic carbocycles. The predicted molar refractivity (Wildman–Crippen MR) is 75.8 cm³/mol. The van der Waals surface area contributed by atoms with Gasteiger partial charge in [-0.1, -0.05) is 37.6 Å². The van der Waals surface area contributed by atoms with Crippen molar-refractivity contribution in [1.29, 1.82) is 0 Å². The topological polar surface area (TPSA) is 21.3 Å².